The summed E-state index contributed by atoms with van der Waals surface area (Å²) < 4.78 is 46.1. The van der Waals surface area contributed by atoms with Gasteiger partial charge in [-0.1, -0.05) is 12.1 Å². The average Bonchev–Trinajstić information content (AvgIpc) is 2.06. The largest absolute Gasteiger partial charge is 0.468 e. The van der Waals surface area contributed by atoms with Gasteiger partial charge in [0.25, 0.3) is 0 Å². The predicted molar refractivity (Wildman–Crippen MR) is 37.5 cm³/mol. The van der Waals surface area contributed by atoms with Gasteiger partial charge < -0.3 is 9.47 Å². The monoisotopic (exact) mass is 190 g/mol. The van der Waals surface area contributed by atoms with E-state index >= 15 is 0 Å². The molecule has 1 aliphatic heterocycles. The maximum atomic E-state index is 12.6. The Hall–Kier alpha value is -1.39. The highest BCUT2D eigenvalue weighted by molar-refractivity contribution is 5.41. The number of benzene rings is 1. The number of halogens is 3. The van der Waals surface area contributed by atoms with Crippen LogP contribution >= 0.6 is 0 Å². The molecular weight excluding hydrogens is 185 g/mol. The summed E-state index contributed by atoms with van der Waals surface area (Å²) in [6.07, 6.45) is -6.66. The number of hydrogen-bond acceptors (Lipinski definition) is 2. The van der Waals surface area contributed by atoms with Crippen LogP contribution in [0.5, 0.6) is 11.5 Å². The molecular formula is C8H5F3O2. The van der Waals surface area contributed by atoms with Gasteiger partial charge in [-0.05, 0) is 12.1 Å². The molecule has 1 aromatic rings. The molecule has 5 heteroatoms. The van der Waals surface area contributed by atoms with Gasteiger partial charge in [-0.3, -0.25) is 0 Å². The maximum Gasteiger partial charge on any atom is 0.468 e. The molecule has 0 aromatic heterocycles. The lowest BCUT2D eigenvalue weighted by molar-refractivity contribution is -0.281. The molecule has 0 N–H and O–H groups in total. The van der Waals surface area contributed by atoms with E-state index in [1.54, 1.807) is 6.07 Å². The Bertz CT molecular complexity index is 327. The Labute approximate surface area is 71.9 Å². The Morgan fingerprint density at radius 1 is 1.15 bits per heavy atom. The second-order valence-electron chi connectivity index (χ2n) is 2.54. The normalized spacial score (nSPS) is 24.1. The van der Waals surface area contributed by atoms with Gasteiger partial charge in [0.15, 0.2) is 11.5 Å². The standard InChI is InChI=1S/C8H5F3O2/c9-7-8(10,11)13-6-4-2-1-3-5(6)12-7/h1-4,7H. The maximum absolute atomic E-state index is 12.6. The van der Waals surface area contributed by atoms with E-state index in [0.29, 0.717) is 0 Å². The van der Waals surface area contributed by atoms with E-state index in [9.17, 15) is 13.2 Å². The lowest BCUT2D eigenvalue weighted by atomic mass is 10.3. The van der Waals surface area contributed by atoms with Gasteiger partial charge in [-0.2, -0.15) is 13.2 Å². The third kappa shape index (κ3) is 1.30. The first-order valence-corrected chi connectivity index (χ1v) is 3.56. The molecule has 1 atom stereocenters. The molecule has 0 radical (unpaired) electrons. The first kappa shape index (κ1) is 8.22. The Morgan fingerprint density at radius 2 is 1.77 bits per heavy atom. The second-order valence-corrected chi connectivity index (χ2v) is 2.54. The fraction of sp³-hybridized carbons (Fsp3) is 0.250. The van der Waals surface area contributed by atoms with Crippen molar-refractivity contribution in [1.29, 1.82) is 0 Å². The van der Waals surface area contributed by atoms with Gasteiger partial charge in [0.05, 0.1) is 0 Å². The van der Waals surface area contributed by atoms with E-state index in [0.717, 1.165) is 0 Å². The van der Waals surface area contributed by atoms with Gasteiger partial charge in [-0.15, -0.1) is 0 Å². The fourth-order valence-electron chi connectivity index (χ4n) is 1.00. The molecule has 0 bridgehead atoms. The third-order valence-electron chi connectivity index (χ3n) is 1.59. The zero-order valence-corrected chi connectivity index (χ0v) is 6.34. The van der Waals surface area contributed by atoms with Crippen LogP contribution in [0, 0.1) is 0 Å². The summed E-state index contributed by atoms with van der Waals surface area (Å²) in [5.74, 6) is -0.165. The second kappa shape index (κ2) is 2.55. The lowest BCUT2D eigenvalue weighted by Gasteiger charge is -2.28. The molecule has 1 aromatic carbocycles. The van der Waals surface area contributed by atoms with E-state index in [4.69, 9.17) is 0 Å². The van der Waals surface area contributed by atoms with Gasteiger partial charge in [0.1, 0.15) is 0 Å². The highest BCUT2D eigenvalue weighted by Gasteiger charge is 2.49. The van der Waals surface area contributed by atoms with Crippen molar-refractivity contribution in [3.63, 3.8) is 0 Å². The van der Waals surface area contributed by atoms with Crippen LogP contribution in [0.15, 0.2) is 24.3 Å². The van der Waals surface area contributed by atoms with E-state index in [1.165, 1.54) is 18.2 Å². The molecule has 13 heavy (non-hydrogen) atoms. The van der Waals surface area contributed by atoms with Crippen molar-refractivity contribution in [1.82, 2.24) is 0 Å². The summed E-state index contributed by atoms with van der Waals surface area (Å²) in [6, 6.07) is 5.68. The van der Waals surface area contributed by atoms with Crippen molar-refractivity contribution in [2.24, 2.45) is 0 Å². The quantitative estimate of drug-likeness (QED) is 0.625. The Kier molecular flexibility index (Phi) is 1.61. The first-order valence-electron chi connectivity index (χ1n) is 3.56. The molecule has 0 spiro atoms. The summed E-state index contributed by atoms with van der Waals surface area (Å²) in [6.45, 7) is 0. The summed E-state index contributed by atoms with van der Waals surface area (Å²) in [5, 5.41) is 0. The van der Waals surface area contributed by atoms with E-state index in [2.05, 4.69) is 9.47 Å². The van der Waals surface area contributed by atoms with E-state index in [-0.39, 0.29) is 11.5 Å². The molecule has 0 saturated carbocycles. The summed E-state index contributed by atoms with van der Waals surface area (Å²) in [5.41, 5.74) is 0. The number of fused-ring (bicyclic) bond motifs is 1. The molecule has 0 saturated heterocycles. The van der Waals surface area contributed by atoms with Crippen LogP contribution < -0.4 is 9.47 Å². The molecule has 1 unspecified atom stereocenters. The third-order valence-corrected chi connectivity index (χ3v) is 1.59. The van der Waals surface area contributed by atoms with Crippen molar-refractivity contribution >= 4 is 0 Å². The molecule has 0 fully saturated rings. The van der Waals surface area contributed by atoms with Crippen molar-refractivity contribution in [3.8, 4) is 11.5 Å². The minimum atomic E-state index is -3.91. The number of alkyl halides is 3. The number of ether oxygens (including phenoxy) is 2. The highest BCUT2D eigenvalue weighted by Crippen LogP contribution is 2.39. The van der Waals surface area contributed by atoms with E-state index < -0.39 is 12.5 Å². The molecule has 1 aliphatic rings. The fourth-order valence-corrected chi connectivity index (χ4v) is 1.00. The summed E-state index contributed by atoms with van der Waals surface area (Å²) in [7, 11) is 0. The van der Waals surface area contributed by atoms with Gasteiger partial charge in [0.2, 0.25) is 0 Å². The predicted octanol–water partition coefficient (Wildman–Crippen LogP) is 2.35. The van der Waals surface area contributed by atoms with Crippen LogP contribution in [0.4, 0.5) is 13.2 Å². The minimum Gasteiger partial charge on any atom is -0.447 e. The Balaban J connectivity index is 2.39. The molecule has 2 rings (SSSR count). The smallest absolute Gasteiger partial charge is 0.447 e. The SMILES string of the molecule is FC1Oc2ccccc2OC1(F)F. The van der Waals surface area contributed by atoms with Gasteiger partial charge in [0, 0.05) is 0 Å². The zero-order valence-electron chi connectivity index (χ0n) is 6.34. The van der Waals surface area contributed by atoms with Crippen LogP contribution in [0.2, 0.25) is 0 Å². The lowest BCUT2D eigenvalue weighted by Crippen LogP contribution is -2.43. The van der Waals surface area contributed by atoms with Crippen molar-refractivity contribution in [2.75, 3.05) is 0 Å². The van der Waals surface area contributed by atoms with Crippen LogP contribution in [0.3, 0.4) is 0 Å². The van der Waals surface area contributed by atoms with Crippen molar-refractivity contribution in [2.45, 2.75) is 12.5 Å². The summed E-state index contributed by atoms with van der Waals surface area (Å²) >= 11 is 0. The van der Waals surface area contributed by atoms with Crippen LogP contribution in [0.1, 0.15) is 0 Å². The zero-order chi connectivity index (χ0) is 9.47. The van der Waals surface area contributed by atoms with Gasteiger partial charge in [-0.25, -0.2) is 0 Å². The average molecular weight is 190 g/mol. The van der Waals surface area contributed by atoms with Crippen molar-refractivity contribution in [3.05, 3.63) is 24.3 Å². The highest BCUT2D eigenvalue weighted by atomic mass is 19.3. The van der Waals surface area contributed by atoms with Crippen molar-refractivity contribution < 1.29 is 22.6 Å². The Morgan fingerprint density at radius 3 is 2.46 bits per heavy atom. The van der Waals surface area contributed by atoms with E-state index in [1.807, 2.05) is 0 Å². The van der Waals surface area contributed by atoms with Crippen LogP contribution in [-0.2, 0) is 0 Å². The number of para-hydroxylation sites is 2. The first-order chi connectivity index (χ1) is 6.09. The molecule has 2 nitrogen and oxygen atoms in total. The number of rotatable bonds is 0. The summed E-state index contributed by atoms with van der Waals surface area (Å²) in [4.78, 5) is 0. The minimum absolute atomic E-state index is 0.0130. The molecule has 0 aliphatic carbocycles. The van der Waals surface area contributed by atoms with Crippen LogP contribution in [0.25, 0.3) is 0 Å². The van der Waals surface area contributed by atoms with Crippen LogP contribution in [-0.4, -0.2) is 12.5 Å². The molecule has 1 heterocycles. The molecule has 0 amide bonds. The number of hydrogen-bond donors (Lipinski definition) is 0. The molecule has 70 valence electrons. The van der Waals surface area contributed by atoms with Gasteiger partial charge >= 0.3 is 12.5 Å². The topological polar surface area (TPSA) is 18.5 Å².